The molecule has 3 aromatic carbocycles. The molecule has 23 heavy (non-hydrogen) atoms. The smallest absolute Gasteiger partial charge is 0.186 e. The highest BCUT2D eigenvalue weighted by Crippen LogP contribution is 2.32. The van der Waals surface area contributed by atoms with E-state index < -0.39 is 0 Å². The first-order valence-corrected chi connectivity index (χ1v) is 7.84. The number of rotatable bonds is 4. The van der Waals surface area contributed by atoms with Crippen molar-refractivity contribution in [3.05, 3.63) is 83.4 Å². The monoisotopic (exact) mass is 303 g/mol. The van der Waals surface area contributed by atoms with Gasteiger partial charge in [-0.15, -0.1) is 0 Å². The summed E-state index contributed by atoms with van der Waals surface area (Å²) >= 11 is 0. The van der Waals surface area contributed by atoms with Crippen LogP contribution in [0.4, 0.5) is 0 Å². The highest BCUT2D eigenvalue weighted by molar-refractivity contribution is 5.87. The molecule has 0 aliphatic carbocycles. The van der Waals surface area contributed by atoms with Crippen molar-refractivity contribution in [2.45, 2.75) is 19.4 Å². The second-order valence-corrected chi connectivity index (χ2v) is 5.62. The summed E-state index contributed by atoms with van der Waals surface area (Å²) in [5.41, 5.74) is 14.9. The van der Waals surface area contributed by atoms with Gasteiger partial charge in [0, 0.05) is 0 Å². The summed E-state index contributed by atoms with van der Waals surface area (Å²) in [6.07, 6.45) is 0.984. The number of aryl methyl sites for hydroxylation is 1. The first-order chi connectivity index (χ1) is 11.2. The van der Waals surface area contributed by atoms with Gasteiger partial charge in [0.05, 0.1) is 0 Å². The minimum Gasteiger partial charge on any atom is -0.370 e. The van der Waals surface area contributed by atoms with Gasteiger partial charge in [-0.3, -0.25) is 0 Å². The molecule has 0 aliphatic rings. The lowest BCUT2D eigenvalue weighted by Crippen LogP contribution is -2.24. The summed E-state index contributed by atoms with van der Waals surface area (Å²) in [6, 6.07) is 22.8. The van der Waals surface area contributed by atoms with Gasteiger partial charge in [-0.25, -0.2) is 4.99 Å². The van der Waals surface area contributed by atoms with Crippen molar-refractivity contribution in [3.63, 3.8) is 0 Å². The highest BCUT2D eigenvalue weighted by Gasteiger charge is 2.16. The third-order valence-corrected chi connectivity index (χ3v) is 4.07. The van der Waals surface area contributed by atoms with Gasteiger partial charge in [-0.1, -0.05) is 73.7 Å². The average Bonchev–Trinajstić information content (AvgIpc) is 2.59. The van der Waals surface area contributed by atoms with E-state index >= 15 is 0 Å². The van der Waals surface area contributed by atoms with E-state index in [1.54, 1.807) is 0 Å². The molecule has 4 N–H and O–H groups in total. The lowest BCUT2D eigenvalue weighted by molar-refractivity contribution is 0.872. The Hall–Kier alpha value is -2.81. The Labute approximate surface area is 136 Å². The van der Waals surface area contributed by atoms with Crippen LogP contribution in [0.2, 0.25) is 0 Å². The third kappa shape index (κ3) is 3.19. The van der Waals surface area contributed by atoms with E-state index in [-0.39, 0.29) is 12.0 Å². The molecule has 0 amide bonds. The standard InChI is InChI=1S/C20H21N3/c1-2-14-7-5-10-16(13-14)19(23-20(21)22)18-12-6-9-15-8-3-4-11-17(15)18/h3-13,19H,2H2,1H3,(H4,21,22,23). The first kappa shape index (κ1) is 15.1. The van der Waals surface area contributed by atoms with Crippen molar-refractivity contribution in [1.29, 1.82) is 0 Å². The highest BCUT2D eigenvalue weighted by atomic mass is 15.0. The van der Waals surface area contributed by atoms with Gasteiger partial charge in [0.15, 0.2) is 5.96 Å². The van der Waals surface area contributed by atoms with Crippen LogP contribution in [0, 0.1) is 0 Å². The molecule has 0 spiro atoms. The van der Waals surface area contributed by atoms with Crippen LogP contribution in [-0.4, -0.2) is 5.96 Å². The van der Waals surface area contributed by atoms with Crippen LogP contribution >= 0.6 is 0 Å². The van der Waals surface area contributed by atoms with Crippen molar-refractivity contribution >= 4 is 16.7 Å². The van der Waals surface area contributed by atoms with Crippen LogP contribution in [-0.2, 0) is 6.42 Å². The molecule has 3 nitrogen and oxygen atoms in total. The van der Waals surface area contributed by atoms with E-state index in [9.17, 15) is 0 Å². The Morgan fingerprint density at radius 2 is 1.70 bits per heavy atom. The Morgan fingerprint density at radius 1 is 0.957 bits per heavy atom. The Bertz CT molecular complexity index is 843. The number of hydrogen-bond acceptors (Lipinski definition) is 1. The lowest BCUT2D eigenvalue weighted by atomic mass is 9.93. The van der Waals surface area contributed by atoms with E-state index in [0.29, 0.717) is 0 Å². The summed E-state index contributed by atoms with van der Waals surface area (Å²) in [6.45, 7) is 2.15. The number of benzene rings is 3. The molecule has 1 atom stereocenters. The number of nitrogens with two attached hydrogens (primary N) is 2. The van der Waals surface area contributed by atoms with Crippen LogP contribution in [0.5, 0.6) is 0 Å². The second kappa shape index (κ2) is 6.53. The molecule has 1 unspecified atom stereocenters. The third-order valence-electron chi connectivity index (χ3n) is 4.07. The van der Waals surface area contributed by atoms with Gasteiger partial charge < -0.3 is 11.5 Å². The number of aliphatic imine (C=N–C) groups is 1. The largest absolute Gasteiger partial charge is 0.370 e. The Balaban J connectivity index is 2.21. The maximum atomic E-state index is 5.71. The number of guanidine groups is 1. The topological polar surface area (TPSA) is 64.4 Å². The maximum Gasteiger partial charge on any atom is 0.186 e. The molecule has 3 rings (SSSR count). The second-order valence-electron chi connectivity index (χ2n) is 5.62. The fourth-order valence-electron chi connectivity index (χ4n) is 2.94. The van der Waals surface area contributed by atoms with E-state index in [2.05, 4.69) is 66.5 Å². The van der Waals surface area contributed by atoms with E-state index in [0.717, 1.165) is 17.5 Å². The van der Waals surface area contributed by atoms with Crippen molar-refractivity contribution in [3.8, 4) is 0 Å². The summed E-state index contributed by atoms with van der Waals surface area (Å²) < 4.78 is 0. The summed E-state index contributed by atoms with van der Waals surface area (Å²) in [7, 11) is 0. The molecule has 0 saturated carbocycles. The van der Waals surface area contributed by atoms with Crippen LogP contribution in [0.3, 0.4) is 0 Å². The molecule has 116 valence electrons. The number of nitrogens with zero attached hydrogens (tertiary/aromatic N) is 1. The molecule has 0 aliphatic heterocycles. The summed E-state index contributed by atoms with van der Waals surface area (Å²) in [5.74, 6) is 0.102. The minimum atomic E-state index is -0.197. The van der Waals surface area contributed by atoms with Gasteiger partial charge >= 0.3 is 0 Å². The molecule has 0 bridgehead atoms. The zero-order valence-corrected chi connectivity index (χ0v) is 13.2. The van der Waals surface area contributed by atoms with Gasteiger partial charge in [-0.2, -0.15) is 0 Å². The van der Waals surface area contributed by atoms with Gasteiger partial charge in [-0.05, 0) is 33.9 Å². The van der Waals surface area contributed by atoms with Crippen molar-refractivity contribution in [2.24, 2.45) is 16.5 Å². The molecular weight excluding hydrogens is 282 g/mol. The Morgan fingerprint density at radius 3 is 2.48 bits per heavy atom. The number of fused-ring (bicyclic) bond motifs is 1. The summed E-state index contributed by atoms with van der Waals surface area (Å²) in [4.78, 5) is 4.52. The van der Waals surface area contributed by atoms with Crippen LogP contribution < -0.4 is 11.5 Å². The van der Waals surface area contributed by atoms with Crippen LogP contribution in [0.25, 0.3) is 10.8 Å². The van der Waals surface area contributed by atoms with Crippen LogP contribution in [0.1, 0.15) is 29.7 Å². The molecule has 3 heteroatoms. The predicted molar refractivity (Wildman–Crippen MR) is 97.4 cm³/mol. The average molecular weight is 303 g/mol. The van der Waals surface area contributed by atoms with Gasteiger partial charge in [0.25, 0.3) is 0 Å². The fourth-order valence-corrected chi connectivity index (χ4v) is 2.94. The fraction of sp³-hybridized carbons (Fsp3) is 0.150. The van der Waals surface area contributed by atoms with E-state index in [1.807, 2.05) is 12.1 Å². The van der Waals surface area contributed by atoms with Crippen molar-refractivity contribution in [2.75, 3.05) is 0 Å². The minimum absolute atomic E-state index is 0.102. The molecule has 0 radical (unpaired) electrons. The maximum absolute atomic E-state index is 5.71. The molecule has 3 aromatic rings. The molecule has 0 aromatic heterocycles. The SMILES string of the molecule is CCc1cccc(C(N=C(N)N)c2cccc3ccccc23)c1. The van der Waals surface area contributed by atoms with E-state index in [1.165, 1.54) is 16.3 Å². The van der Waals surface area contributed by atoms with Crippen molar-refractivity contribution in [1.82, 2.24) is 0 Å². The Kier molecular flexibility index (Phi) is 4.29. The van der Waals surface area contributed by atoms with Crippen molar-refractivity contribution < 1.29 is 0 Å². The van der Waals surface area contributed by atoms with Gasteiger partial charge in [0.1, 0.15) is 6.04 Å². The summed E-state index contributed by atoms with van der Waals surface area (Å²) in [5, 5.41) is 2.36. The molecular formula is C20H21N3. The number of hydrogen-bond donors (Lipinski definition) is 2. The molecule has 0 fully saturated rings. The van der Waals surface area contributed by atoms with Crippen LogP contribution in [0.15, 0.2) is 71.7 Å². The van der Waals surface area contributed by atoms with Gasteiger partial charge in [0.2, 0.25) is 0 Å². The molecule has 0 saturated heterocycles. The first-order valence-electron chi connectivity index (χ1n) is 7.84. The quantitative estimate of drug-likeness (QED) is 0.569. The molecule has 0 heterocycles. The zero-order valence-electron chi connectivity index (χ0n) is 13.2. The van der Waals surface area contributed by atoms with E-state index in [4.69, 9.17) is 11.5 Å². The zero-order chi connectivity index (χ0) is 16.2. The predicted octanol–water partition coefficient (Wildman–Crippen LogP) is 3.77. The lowest BCUT2D eigenvalue weighted by Gasteiger charge is -2.17. The normalized spacial score (nSPS) is 12.0.